The molecule has 0 spiro atoms. The van der Waals surface area contributed by atoms with E-state index in [1.54, 1.807) is 11.3 Å². The highest BCUT2D eigenvalue weighted by Crippen LogP contribution is 2.25. The van der Waals surface area contributed by atoms with E-state index < -0.39 is 0 Å². The molecule has 20 heavy (non-hydrogen) atoms. The van der Waals surface area contributed by atoms with Crippen LogP contribution in [0.5, 0.6) is 0 Å². The van der Waals surface area contributed by atoms with E-state index in [0.29, 0.717) is 0 Å². The molecule has 1 aromatic carbocycles. The van der Waals surface area contributed by atoms with Crippen molar-refractivity contribution in [3.05, 3.63) is 51.7 Å². The van der Waals surface area contributed by atoms with E-state index in [1.807, 2.05) is 12.1 Å². The lowest BCUT2D eigenvalue weighted by Crippen LogP contribution is -2.18. The van der Waals surface area contributed by atoms with Crippen LogP contribution in [0, 0.1) is 5.82 Å². The van der Waals surface area contributed by atoms with E-state index in [1.165, 1.54) is 12.1 Å². The van der Waals surface area contributed by atoms with E-state index in [4.69, 9.17) is 0 Å². The van der Waals surface area contributed by atoms with Gasteiger partial charge in [0.05, 0.1) is 10.7 Å². The summed E-state index contributed by atoms with van der Waals surface area (Å²) >= 11 is 1.71. The van der Waals surface area contributed by atoms with Crippen LogP contribution in [0.3, 0.4) is 0 Å². The zero-order valence-corrected chi connectivity index (χ0v) is 13.2. The summed E-state index contributed by atoms with van der Waals surface area (Å²) < 4.78 is 12.9. The number of hydrogen-bond acceptors (Lipinski definition) is 3. The van der Waals surface area contributed by atoms with Gasteiger partial charge < -0.3 is 5.32 Å². The standard InChI is InChI=1S/C16H21FN2S/c1-11(12-5-7-13(17)8-6-12)18-9-14-10-20-15(19-14)16(2,3)4/h5-8,10-11,18H,9H2,1-4H3. The van der Waals surface area contributed by atoms with Crippen LogP contribution in [-0.2, 0) is 12.0 Å². The lowest BCUT2D eigenvalue weighted by molar-refractivity contribution is 0.555. The van der Waals surface area contributed by atoms with Crippen LogP contribution < -0.4 is 5.32 Å². The van der Waals surface area contributed by atoms with E-state index in [0.717, 1.165) is 22.8 Å². The molecule has 0 aliphatic carbocycles. The van der Waals surface area contributed by atoms with Gasteiger partial charge in [-0.3, -0.25) is 0 Å². The Hall–Kier alpha value is -1.26. The summed E-state index contributed by atoms with van der Waals surface area (Å²) in [6.07, 6.45) is 0. The van der Waals surface area contributed by atoms with Gasteiger partial charge in [0.1, 0.15) is 5.82 Å². The summed E-state index contributed by atoms with van der Waals surface area (Å²) in [6, 6.07) is 6.79. The van der Waals surface area contributed by atoms with E-state index in [-0.39, 0.29) is 17.3 Å². The highest BCUT2D eigenvalue weighted by Gasteiger charge is 2.18. The highest BCUT2D eigenvalue weighted by atomic mass is 32.1. The van der Waals surface area contributed by atoms with Crippen molar-refractivity contribution in [3.63, 3.8) is 0 Å². The number of aromatic nitrogens is 1. The van der Waals surface area contributed by atoms with Gasteiger partial charge in [-0.05, 0) is 24.6 Å². The summed E-state index contributed by atoms with van der Waals surface area (Å²) in [6.45, 7) is 9.31. The summed E-state index contributed by atoms with van der Waals surface area (Å²) in [4.78, 5) is 4.66. The summed E-state index contributed by atoms with van der Waals surface area (Å²) in [5, 5.41) is 6.68. The number of benzene rings is 1. The van der Waals surface area contributed by atoms with Gasteiger partial charge in [0.25, 0.3) is 0 Å². The van der Waals surface area contributed by atoms with Crippen LogP contribution in [0.4, 0.5) is 4.39 Å². The van der Waals surface area contributed by atoms with Crippen molar-refractivity contribution in [1.82, 2.24) is 10.3 Å². The van der Waals surface area contributed by atoms with Crippen LogP contribution in [0.15, 0.2) is 29.6 Å². The average molecular weight is 292 g/mol. The van der Waals surface area contributed by atoms with Crippen LogP contribution in [-0.4, -0.2) is 4.98 Å². The first-order valence-electron chi connectivity index (χ1n) is 6.80. The molecule has 108 valence electrons. The third kappa shape index (κ3) is 3.87. The van der Waals surface area contributed by atoms with Crippen molar-refractivity contribution < 1.29 is 4.39 Å². The zero-order chi connectivity index (χ0) is 14.8. The van der Waals surface area contributed by atoms with Crippen LogP contribution in [0.2, 0.25) is 0 Å². The molecule has 1 atom stereocenters. The van der Waals surface area contributed by atoms with Gasteiger partial charge in [0, 0.05) is 23.4 Å². The molecule has 1 aromatic heterocycles. The third-order valence-electron chi connectivity index (χ3n) is 3.15. The van der Waals surface area contributed by atoms with Crippen molar-refractivity contribution in [2.45, 2.75) is 45.7 Å². The van der Waals surface area contributed by atoms with Gasteiger partial charge in [-0.2, -0.15) is 0 Å². The molecule has 0 saturated carbocycles. The lowest BCUT2D eigenvalue weighted by Gasteiger charge is -2.14. The maximum atomic E-state index is 12.9. The Kier molecular flexibility index (Phi) is 4.55. The molecule has 0 fully saturated rings. The third-order valence-corrected chi connectivity index (χ3v) is 4.47. The predicted molar refractivity (Wildman–Crippen MR) is 82.5 cm³/mol. The number of nitrogens with zero attached hydrogens (tertiary/aromatic N) is 1. The van der Waals surface area contributed by atoms with Crippen LogP contribution in [0.1, 0.15) is 50.0 Å². The molecular weight excluding hydrogens is 271 g/mol. The minimum Gasteiger partial charge on any atom is -0.305 e. The maximum Gasteiger partial charge on any atom is 0.123 e. The first kappa shape index (κ1) is 15.1. The Morgan fingerprint density at radius 1 is 1.25 bits per heavy atom. The second-order valence-corrected chi connectivity index (χ2v) is 6.91. The molecule has 1 N–H and O–H groups in total. The van der Waals surface area contributed by atoms with Crippen LogP contribution in [0.25, 0.3) is 0 Å². The molecule has 2 nitrogen and oxygen atoms in total. The summed E-state index contributed by atoms with van der Waals surface area (Å²) in [7, 11) is 0. The first-order chi connectivity index (χ1) is 9.36. The van der Waals surface area contributed by atoms with E-state index in [2.05, 4.69) is 43.4 Å². The molecular formula is C16H21FN2S. The first-order valence-corrected chi connectivity index (χ1v) is 7.68. The Labute approximate surface area is 124 Å². The van der Waals surface area contributed by atoms with Gasteiger partial charge in [0.15, 0.2) is 0 Å². The topological polar surface area (TPSA) is 24.9 Å². The Balaban J connectivity index is 1.95. The number of nitrogens with one attached hydrogen (secondary N) is 1. The average Bonchev–Trinajstić information content (AvgIpc) is 2.85. The SMILES string of the molecule is CC(NCc1csc(C(C)(C)C)n1)c1ccc(F)cc1. The highest BCUT2D eigenvalue weighted by molar-refractivity contribution is 7.09. The van der Waals surface area contributed by atoms with Gasteiger partial charge in [-0.15, -0.1) is 11.3 Å². The zero-order valence-electron chi connectivity index (χ0n) is 12.4. The second-order valence-electron chi connectivity index (χ2n) is 6.05. The van der Waals surface area contributed by atoms with Gasteiger partial charge in [-0.25, -0.2) is 9.37 Å². The van der Waals surface area contributed by atoms with E-state index in [9.17, 15) is 4.39 Å². The van der Waals surface area contributed by atoms with Crippen molar-refractivity contribution in [3.8, 4) is 0 Å². The predicted octanol–water partition coefficient (Wildman–Crippen LogP) is 4.43. The monoisotopic (exact) mass is 292 g/mol. The number of rotatable bonds is 4. The number of hydrogen-bond donors (Lipinski definition) is 1. The fourth-order valence-corrected chi connectivity index (χ4v) is 2.77. The smallest absolute Gasteiger partial charge is 0.123 e. The number of thiazole rings is 1. The lowest BCUT2D eigenvalue weighted by atomic mass is 9.98. The molecule has 0 radical (unpaired) electrons. The molecule has 0 aliphatic rings. The van der Waals surface area contributed by atoms with Crippen molar-refractivity contribution in [2.24, 2.45) is 0 Å². The van der Waals surface area contributed by atoms with Gasteiger partial charge >= 0.3 is 0 Å². The Morgan fingerprint density at radius 2 is 1.90 bits per heavy atom. The second kappa shape index (κ2) is 6.02. The minimum atomic E-state index is -0.199. The van der Waals surface area contributed by atoms with Crippen molar-refractivity contribution in [1.29, 1.82) is 0 Å². The van der Waals surface area contributed by atoms with E-state index >= 15 is 0 Å². The molecule has 1 unspecified atom stereocenters. The Bertz CT molecular complexity index is 555. The van der Waals surface area contributed by atoms with Crippen molar-refractivity contribution >= 4 is 11.3 Å². The fraction of sp³-hybridized carbons (Fsp3) is 0.438. The minimum absolute atomic E-state index is 0.103. The van der Waals surface area contributed by atoms with Crippen molar-refractivity contribution in [2.75, 3.05) is 0 Å². The molecule has 0 saturated heterocycles. The molecule has 2 aromatic rings. The molecule has 2 rings (SSSR count). The Morgan fingerprint density at radius 3 is 2.45 bits per heavy atom. The van der Waals surface area contributed by atoms with Crippen LogP contribution >= 0.6 is 11.3 Å². The molecule has 0 amide bonds. The number of halogens is 1. The molecule has 4 heteroatoms. The molecule has 0 aliphatic heterocycles. The normalized spacial score (nSPS) is 13.4. The summed E-state index contributed by atoms with van der Waals surface area (Å²) in [5.74, 6) is -0.199. The largest absolute Gasteiger partial charge is 0.305 e. The molecule has 0 bridgehead atoms. The summed E-state index contributed by atoms with van der Waals surface area (Å²) in [5.41, 5.74) is 2.25. The molecule has 1 heterocycles. The van der Waals surface area contributed by atoms with Gasteiger partial charge in [-0.1, -0.05) is 32.9 Å². The van der Waals surface area contributed by atoms with Gasteiger partial charge in [0.2, 0.25) is 0 Å². The quantitative estimate of drug-likeness (QED) is 0.901. The maximum absolute atomic E-state index is 12.9. The fourth-order valence-electron chi connectivity index (χ4n) is 1.86.